The predicted octanol–water partition coefficient (Wildman–Crippen LogP) is 2.81. The molecule has 1 aromatic rings. The lowest BCUT2D eigenvalue weighted by molar-refractivity contribution is -0.141. The number of methoxy groups -OCH3 is 1. The monoisotopic (exact) mass is 402 g/mol. The van der Waals surface area contributed by atoms with Crippen molar-refractivity contribution in [2.75, 3.05) is 7.11 Å². The Kier molecular flexibility index (Phi) is 5.58. The van der Waals surface area contributed by atoms with Crippen molar-refractivity contribution in [3.05, 3.63) is 34.9 Å². The van der Waals surface area contributed by atoms with Gasteiger partial charge in [0.2, 0.25) is 0 Å². The fourth-order valence-corrected chi connectivity index (χ4v) is 3.84. The fourth-order valence-electron chi connectivity index (χ4n) is 2.37. The number of hydrogen-bond acceptors (Lipinski definition) is 6. The third-order valence-corrected chi connectivity index (χ3v) is 7.36. The van der Waals surface area contributed by atoms with Crippen LogP contribution in [-0.2, 0) is 24.3 Å². The molecule has 1 aliphatic heterocycles. The Morgan fingerprint density at radius 3 is 2.46 bits per heavy atom. The zero-order chi connectivity index (χ0) is 19.8. The zero-order valence-electron chi connectivity index (χ0n) is 15.4. The Morgan fingerprint density at radius 1 is 1.31 bits per heavy atom. The van der Waals surface area contributed by atoms with Crippen LogP contribution in [0.3, 0.4) is 0 Å². The predicted molar refractivity (Wildman–Crippen MR) is 99.6 cm³/mol. The van der Waals surface area contributed by atoms with Gasteiger partial charge in [0.1, 0.15) is 10.3 Å². The van der Waals surface area contributed by atoms with E-state index in [1.807, 2.05) is 0 Å². The van der Waals surface area contributed by atoms with Gasteiger partial charge in [0.25, 0.3) is 10.0 Å². The average molecular weight is 403 g/mol. The van der Waals surface area contributed by atoms with Gasteiger partial charge in [-0.2, -0.15) is 0 Å². The number of hydrogen-bond donors (Lipinski definition) is 1. The normalized spacial score (nSPS) is 21.1. The molecule has 0 saturated heterocycles. The standard InChI is InChI=1S/C17H23ClN2O5S/c1-16(2)17(3,4)26(22,23)20-15(25-16)19-13(10-14(21)24-5)11-8-6-7-9-12(11)18/h6-9,13H,10H2,1-5H3,(H,19,20)/t13-/m0/s1. The molecule has 2 rings (SSSR count). The fraction of sp³-hybridized carbons (Fsp3) is 0.529. The number of ether oxygens (including phenoxy) is 2. The van der Waals surface area contributed by atoms with Crippen LogP contribution in [0, 0.1) is 0 Å². The smallest absolute Gasteiger partial charge is 0.307 e. The van der Waals surface area contributed by atoms with Gasteiger partial charge in [-0.25, -0.2) is 8.42 Å². The molecule has 0 aromatic heterocycles. The summed E-state index contributed by atoms with van der Waals surface area (Å²) in [6.07, 6.45) is -0.0769. The van der Waals surface area contributed by atoms with E-state index in [4.69, 9.17) is 21.1 Å². The van der Waals surface area contributed by atoms with Gasteiger partial charge in [-0.1, -0.05) is 29.8 Å². The lowest BCUT2D eigenvalue weighted by Gasteiger charge is -2.42. The molecule has 7 nitrogen and oxygen atoms in total. The maximum absolute atomic E-state index is 12.6. The number of rotatable bonds is 4. The summed E-state index contributed by atoms with van der Waals surface area (Å²) in [5.41, 5.74) is -0.433. The Labute approximate surface area is 158 Å². The van der Waals surface area contributed by atoms with Crippen LogP contribution in [0.2, 0.25) is 5.02 Å². The van der Waals surface area contributed by atoms with Gasteiger partial charge in [-0.15, -0.1) is 4.40 Å². The van der Waals surface area contributed by atoms with E-state index >= 15 is 0 Å². The van der Waals surface area contributed by atoms with Gasteiger partial charge in [-0.3, -0.25) is 4.79 Å². The Hall–Kier alpha value is -1.80. The van der Waals surface area contributed by atoms with Crippen LogP contribution in [-0.4, -0.2) is 37.9 Å². The number of carbonyl (C=O) groups excluding carboxylic acids is 1. The molecule has 0 spiro atoms. The first kappa shape index (κ1) is 20.5. The van der Waals surface area contributed by atoms with Crippen LogP contribution >= 0.6 is 11.6 Å². The number of amidine groups is 1. The van der Waals surface area contributed by atoms with Crippen molar-refractivity contribution in [3.8, 4) is 0 Å². The van der Waals surface area contributed by atoms with E-state index in [1.165, 1.54) is 7.11 Å². The molecular formula is C17H23ClN2O5S. The third-order valence-electron chi connectivity index (χ3n) is 4.83. The number of nitrogens with zero attached hydrogens (tertiary/aromatic N) is 1. The molecular weight excluding hydrogens is 380 g/mol. The highest BCUT2D eigenvalue weighted by molar-refractivity contribution is 7.91. The molecule has 1 atom stereocenters. The highest BCUT2D eigenvalue weighted by atomic mass is 35.5. The van der Waals surface area contributed by atoms with E-state index in [1.54, 1.807) is 52.0 Å². The maximum atomic E-state index is 12.6. The summed E-state index contributed by atoms with van der Waals surface area (Å²) in [6.45, 7) is 6.46. The van der Waals surface area contributed by atoms with Gasteiger partial charge in [0.15, 0.2) is 0 Å². The number of benzene rings is 1. The molecule has 0 fully saturated rings. The molecule has 9 heteroatoms. The average Bonchev–Trinajstić information content (AvgIpc) is 2.52. The quantitative estimate of drug-likeness (QED) is 0.778. The first-order chi connectivity index (χ1) is 11.9. The van der Waals surface area contributed by atoms with Crippen LogP contribution in [0.25, 0.3) is 0 Å². The summed E-state index contributed by atoms with van der Waals surface area (Å²) in [5.74, 6) is -0.485. The van der Waals surface area contributed by atoms with Gasteiger partial charge >= 0.3 is 12.0 Å². The van der Waals surface area contributed by atoms with E-state index in [0.29, 0.717) is 10.6 Å². The van der Waals surface area contributed by atoms with Crippen LogP contribution in [0.4, 0.5) is 0 Å². The van der Waals surface area contributed by atoms with E-state index in [-0.39, 0.29) is 12.4 Å². The van der Waals surface area contributed by atoms with Crippen LogP contribution in [0.5, 0.6) is 0 Å². The molecule has 1 heterocycles. The molecule has 0 saturated carbocycles. The molecule has 1 N–H and O–H groups in total. The van der Waals surface area contributed by atoms with Crippen LogP contribution < -0.4 is 5.32 Å². The summed E-state index contributed by atoms with van der Waals surface area (Å²) >= 11 is 6.23. The van der Waals surface area contributed by atoms with Gasteiger partial charge in [0, 0.05) is 5.02 Å². The maximum Gasteiger partial charge on any atom is 0.307 e. The molecule has 0 radical (unpaired) electrons. The van der Waals surface area contributed by atoms with Gasteiger partial charge in [-0.05, 0) is 39.3 Å². The second-order valence-corrected chi connectivity index (χ2v) is 9.55. The van der Waals surface area contributed by atoms with Crippen molar-refractivity contribution >= 4 is 33.6 Å². The lowest BCUT2D eigenvalue weighted by Crippen LogP contribution is -2.58. The second kappa shape index (κ2) is 7.08. The topological polar surface area (TPSA) is 94.1 Å². The van der Waals surface area contributed by atoms with Crippen molar-refractivity contribution in [1.82, 2.24) is 5.32 Å². The highest BCUT2D eigenvalue weighted by Gasteiger charge is 2.53. The van der Waals surface area contributed by atoms with Crippen LogP contribution in [0.15, 0.2) is 28.7 Å². The Bertz CT molecular complexity index is 833. The zero-order valence-corrected chi connectivity index (χ0v) is 16.9. The Balaban J connectivity index is 2.42. The third kappa shape index (κ3) is 3.81. The molecule has 1 aromatic carbocycles. The van der Waals surface area contributed by atoms with E-state index in [9.17, 15) is 13.2 Å². The van der Waals surface area contributed by atoms with Crippen molar-refractivity contribution in [2.24, 2.45) is 4.40 Å². The molecule has 0 unspecified atom stereocenters. The molecule has 0 bridgehead atoms. The summed E-state index contributed by atoms with van der Waals surface area (Å²) in [7, 11) is -2.56. The molecule has 144 valence electrons. The number of halogens is 1. The number of sulfonamides is 1. The van der Waals surface area contributed by atoms with Crippen LogP contribution in [0.1, 0.15) is 45.7 Å². The SMILES string of the molecule is COC(=O)C[C@H](NC1=NS(=O)(=O)C(C)(C)C(C)(C)O1)c1ccccc1Cl. The second-order valence-electron chi connectivity index (χ2n) is 6.99. The molecule has 0 amide bonds. The van der Waals surface area contributed by atoms with Crippen molar-refractivity contribution in [3.63, 3.8) is 0 Å². The van der Waals surface area contributed by atoms with E-state index in [0.717, 1.165) is 0 Å². The van der Waals surface area contributed by atoms with Crippen molar-refractivity contribution < 1.29 is 22.7 Å². The highest BCUT2D eigenvalue weighted by Crippen LogP contribution is 2.38. The summed E-state index contributed by atoms with van der Waals surface area (Å²) in [6, 6.07) is 6.09. The molecule has 26 heavy (non-hydrogen) atoms. The first-order valence-electron chi connectivity index (χ1n) is 8.02. The minimum absolute atomic E-state index is 0.0769. The van der Waals surface area contributed by atoms with Crippen molar-refractivity contribution in [1.29, 1.82) is 0 Å². The largest absolute Gasteiger partial charge is 0.469 e. The van der Waals surface area contributed by atoms with Crippen molar-refractivity contribution in [2.45, 2.75) is 50.5 Å². The molecule has 0 aliphatic carbocycles. The summed E-state index contributed by atoms with van der Waals surface area (Å²) < 4.78 is 38.2. The van der Waals surface area contributed by atoms with Gasteiger partial charge < -0.3 is 14.8 Å². The number of esters is 1. The number of nitrogens with one attached hydrogen (secondary N) is 1. The lowest BCUT2D eigenvalue weighted by atomic mass is 9.93. The Morgan fingerprint density at radius 2 is 1.92 bits per heavy atom. The summed E-state index contributed by atoms with van der Waals surface area (Å²) in [4.78, 5) is 11.8. The minimum atomic E-state index is -3.84. The summed E-state index contributed by atoms with van der Waals surface area (Å²) in [5, 5.41) is 3.31. The first-order valence-corrected chi connectivity index (χ1v) is 9.84. The molecule has 1 aliphatic rings. The number of carbonyl (C=O) groups is 1. The van der Waals surface area contributed by atoms with E-state index < -0.39 is 32.4 Å². The minimum Gasteiger partial charge on any atom is -0.469 e. The van der Waals surface area contributed by atoms with Gasteiger partial charge in [0.05, 0.1) is 19.6 Å². The van der Waals surface area contributed by atoms with E-state index in [2.05, 4.69) is 9.71 Å².